The number of nitrogens with one attached hydrogen (secondary N) is 1. The summed E-state index contributed by atoms with van der Waals surface area (Å²) in [4.78, 5) is 37.7. The monoisotopic (exact) mass is 467 g/mol. The van der Waals surface area contributed by atoms with Crippen molar-refractivity contribution in [1.82, 2.24) is 0 Å². The van der Waals surface area contributed by atoms with Crippen molar-refractivity contribution in [3.05, 3.63) is 52.1 Å². The average molecular weight is 467 g/mol. The molecule has 0 unspecified atom stereocenters. The second-order valence-electron chi connectivity index (χ2n) is 8.76. The van der Waals surface area contributed by atoms with E-state index in [1.807, 2.05) is 4.90 Å². The number of nitrogens with zero attached hydrogens (tertiary/aromatic N) is 2. The lowest BCUT2D eigenvalue weighted by Gasteiger charge is -2.21. The number of amides is 1. The van der Waals surface area contributed by atoms with Crippen LogP contribution in [0.15, 0.2) is 36.4 Å². The van der Waals surface area contributed by atoms with Crippen molar-refractivity contribution in [2.45, 2.75) is 44.3 Å². The summed E-state index contributed by atoms with van der Waals surface area (Å²) >= 11 is 0. The summed E-state index contributed by atoms with van der Waals surface area (Å²) in [5.74, 6) is -0.716. The van der Waals surface area contributed by atoms with Crippen molar-refractivity contribution in [3.63, 3.8) is 0 Å². The summed E-state index contributed by atoms with van der Waals surface area (Å²) in [5, 5.41) is 14.2. The van der Waals surface area contributed by atoms with Crippen molar-refractivity contribution in [2.24, 2.45) is 0 Å². The normalized spacial score (nSPS) is 17.7. The average Bonchev–Trinajstić information content (AvgIpc) is 3.58. The molecule has 5 rings (SSSR count). The maximum absolute atomic E-state index is 12.4. The molecule has 1 saturated carbocycles. The van der Waals surface area contributed by atoms with Crippen molar-refractivity contribution in [1.29, 1.82) is 0 Å². The van der Waals surface area contributed by atoms with E-state index in [0.717, 1.165) is 51.6 Å². The van der Waals surface area contributed by atoms with Crippen LogP contribution in [0.2, 0.25) is 0 Å². The maximum atomic E-state index is 12.4. The summed E-state index contributed by atoms with van der Waals surface area (Å²) < 4.78 is 17.0. The molecule has 2 fully saturated rings. The van der Waals surface area contributed by atoms with Gasteiger partial charge in [0.15, 0.2) is 18.1 Å². The van der Waals surface area contributed by atoms with Gasteiger partial charge in [0.05, 0.1) is 10.5 Å². The molecule has 2 heterocycles. The number of esters is 1. The third kappa shape index (κ3) is 4.35. The van der Waals surface area contributed by atoms with Crippen LogP contribution in [0.1, 0.15) is 48.9 Å². The van der Waals surface area contributed by atoms with E-state index in [1.54, 1.807) is 24.3 Å². The van der Waals surface area contributed by atoms with Crippen LogP contribution in [0.3, 0.4) is 0 Å². The molecule has 0 aromatic heterocycles. The smallest absolute Gasteiger partial charge is 0.338 e. The third-order valence-corrected chi connectivity index (χ3v) is 6.37. The van der Waals surface area contributed by atoms with Gasteiger partial charge in [0, 0.05) is 43.8 Å². The Hall–Kier alpha value is -3.82. The molecule has 2 aromatic rings. The van der Waals surface area contributed by atoms with Crippen LogP contribution in [0.25, 0.3) is 0 Å². The Labute approximate surface area is 195 Å². The van der Waals surface area contributed by atoms with Crippen molar-refractivity contribution in [3.8, 4) is 11.5 Å². The van der Waals surface area contributed by atoms with E-state index in [-0.39, 0.29) is 11.3 Å². The number of ether oxygens (including phenoxy) is 3. The quantitative estimate of drug-likeness (QED) is 0.384. The molecule has 1 aliphatic carbocycles. The molecule has 10 nitrogen and oxygen atoms in total. The summed E-state index contributed by atoms with van der Waals surface area (Å²) in [5.41, 5.74) is 0.844. The highest BCUT2D eigenvalue weighted by Crippen LogP contribution is 2.47. The molecule has 2 aromatic carbocycles. The molecule has 1 spiro atoms. The number of anilines is 2. The lowest BCUT2D eigenvalue weighted by Crippen LogP contribution is -2.34. The summed E-state index contributed by atoms with van der Waals surface area (Å²) in [7, 11) is 0. The van der Waals surface area contributed by atoms with Gasteiger partial charge in [-0.25, -0.2) is 4.79 Å². The van der Waals surface area contributed by atoms with Crippen molar-refractivity contribution >= 4 is 28.9 Å². The SMILES string of the molecule is O=C(COC(=O)c1ccc(N2CCCC2)c([N+](=O)[O-])c1)Nc1ccc2c(c1)OC1(CCCC1)O2. The Morgan fingerprint density at radius 2 is 1.76 bits per heavy atom. The molecule has 2 aliphatic heterocycles. The molecule has 34 heavy (non-hydrogen) atoms. The summed E-state index contributed by atoms with van der Waals surface area (Å²) in [6.45, 7) is 0.955. The molecule has 3 aliphatic rings. The number of hydrogen-bond acceptors (Lipinski definition) is 8. The van der Waals surface area contributed by atoms with Gasteiger partial charge in [0.25, 0.3) is 17.4 Å². The van der Waals surface area contributed by atoms with E-state index in [1.165, 1.54) is 12.1 Å². The zero-order chi connectivity index (χ0) is 23.7. The highest BCUT2D eigenvalue weighted by Gasteiger charge is 2.44. The Morgan fingerprint density at radius 3 is 2.50 bits per heavy atom. The number of hydrogen-bond donors (Lipinski definition) is 1. The van der Waals surface area contributed by atoms with Gasteiger partial charge in [-0.2, -0.15) is 0 Å². The molecule has 178 valence electrons. The van der Waals surface area contributed by atoms with Crippen LogP contribution in [0.5, 0.6) is 11.5 Å². The predicted octanol–water partition coefficient (Wildman–Crippen LogP) is 4.03. The zero-order valence-electron chi connectivity index (χ0n) is 18.6. The van der Waals surface area contributed by atoms with Crippen LogP contribution in [-0.4, -0.2) is 42.3 Å². The van der Waals surface area contributed by atoms with Gasteiger partial charge in [0.1, 0.15) is 5.69 Å². The first kappa shape index (κ1) is 22.0. The predicted molar refractivity (Wildman–Crippen MR) is 122 cm³/mol. The second-order valence-corrected chi connectivity index (χ2v) is 8.76. The number of fused-ring (bicyclic) bond motifs is 1. The molecule has 1 saturated heterocycles. The van der Waals surface area contributed by atoms with Crippen molar-refractivity contribution in [2.75, 3.05) is 29.9 Å². The molecule has 1 amide bonds. The first-order valence-electron chi connectivity index (χ1n) is 11.4. The van der Waals surface area contributed by atoms with Gasteiger partial charge in [0.2, 0.25) is 0 Å². The van der Waals surface area contributed by atoms with E-state index in [9.17, 15) is 19.7 Å². The van der Waals surface area contributed by atoms with Crippen LogP contribution in [0, 0.1) is 10.1 Å². The molecule has 10 heteroatoms. The molecular weight excluding hydrogens is 442 g/mol. The number of nitro groups is 1. The van der Waals surface area contributed by atoms with Crippen molar-refractivity contribution < 1.29 is 28.7 Å². The lowest BCUT2D eigenvalue weighted by molar-refractivity contribution is -0.384. The standard InChI is InChI=1S/C24H25N3O7/c28-22(25-17-6-8-20-21(14-17)34-24(33-20)9-1-2-10-24)15-32-23(29)16-5-7-18(19(13-16)27(30)31)26-11-3-4-12-26/h5-8,13-14H,1-4,9-12,15H2,(H,25,28). The first-order valence-corrected chi connectivity index (χ1v) is 11.4. The Kier molecular flexibility index (Phi) is 5.72. The minimum atomic E-state index is -0.805. The number of rotatable bonds is 6. The van der Waals surface area contributed by atoms with Crippen LogP contribution >= 0.6 is 0 Å². The third-order valence-electron chi connectivity index (χ3n) is 6.37. The maximum Gasteiger partial charge on any atom is 0.338 e. The molecule has 0 bridgehead atoms. The fourth-order valence-electron chi connectivity index (χ4n) is 4.72. The van der Waals surface area contributed by atoms with E-state index >= 15 is 0 Å². The van der Waals surface area contributed by atoms with Crippen LogP contribution < -0.4 is 19.7 Å². The molecular formula is C24H25N3O7. The Balaban J connectivity index is 1.19. The highest BCUT2D eigenvalue weighted by atomic mass is 16.7. The molecule has 0 atom stereocenters. The fourth-order valence-corrected chi connectivity index (χ4v) is 4.72. The zero-order valence-corrected chi connectivity index (χ0v) is 18.6. The van der Waals surface area contributed by atoms with Gasteiger partial charge >= 0.3 is 5.97 Å². The van der Waals surface area contributed by atoms with Gasteiger partial charge in [-0.15, -0.1) is 0 Å². The van der Waals surface area contributed by atoms with E-state index in [0.29, 0.717) is 22.9 Å². The van der Waals surface area contributed by atoms with Crippen LogP contribution in [-0.2, 0) is 9.53 Å². The van der Waals surface area contributed by atoms with Gasteiger partial charge < -0.3 is 24.4 Å². The van der Waals surface area contributed by atoms with E-state index in [2.05, 4.69) is 5.32 Å². The second kappa shape index (κ2) is 8.85. The largest absolute Gasteiger partial charge is 0.452 e. The Morgan fingerprint density at radius 1 is 1.03 bits per heavy atom. The van der Waals surface area contributed by atoms with Gasteiger partial charge in [-0.3, -0.25) is 14.9 Å². The van der Waals surface area contributed by atoms with Gasteiger partial charge in [-0.05, 0) is 49.9 Å². The molecule has 1 N–H and O–H groups in total. The Bertz CT molecular complexity index is 1140. The minimum absolute atomic E-state index is 0.0207. The number of carbonyl (C=O) groups is 2. The number of nitro benzene ring substituents is 1. The first-order chi connectivity index (χ1) is 16.4. The summed E-state index contributed by atoms with van der Waals surface area (Å²) in [6, 6.07) is 9.36. The summed E-state index contributed by atoms with van der Waals surface area (Å²) in [6.07, 6.45) is 5.70. The molecule has 0 radical (unpaired) electrons. The fraction of sp³-hybridized carbons (Fsp3) is 0.417. The number of benzene rings is 2. The van der Waals surface area contributed by atoms with Gasteiger partial charge in [-0.1, -0.05) is 0 Å². The van der Waals surface area contributed by atoms with E-state index < -0.39 is 29.2 Å². The highest BCUT2D eigenvalue weighted by molar-refractivity contribution is 5.96. The lowest BCUT2D eigenvalue weighted by atomic mass is 10.1. The minimum Gasteiger partial charge on any atom is -0.452 e. The topological polar surface area (TPSA) is 120 Å². The van der Waals surface area contributed by atoms with E-state index in [4.69, 9.17) is 14.2 Å². The number of carbonyl (C=O) groups excluding carboxylic acids is 2. The van der Waals surface area contributed by atoms with Crippen LogP contribution in [0.4, 0.5) is 17.1 Å².